The van der Waals surface area contributed by atoms with E-state index >= 15 is 0 Å². The molecule has 0 radical (unpaired) electrons. The zero-order valence-electron chi connectivity index (χ0n) is 26.6. The van der Waals surface area contributed by atoms with E-state index in [0.717, 1.165) is 46.7 Å². The Morgan fingerprint density at radius 2 is 1.55 bits per heavy atom. The normalized spacial score (nSPS) is 13.9. The van der Waals surface area contributed by atoms with Gasteiger partial charge in [-0.3, -0.25) is 13.9 Å². The Morgan fingerprint density at radius 1 is 0.894 bits per heavy atom. The van der Waals surface area contributed by atoms with Gasteiger partial charge in [0.25, 0.3) is 10.0 Å². The van der Waals surface area contributed by atoms with Crippen molar-refractivity contribution in [3.05, 3.63) is 125 Å². The topological polar surface area (TPSA) is 96.0 Å². The standard InChI is InChI=1S/C37H40ClN3O5S/c1-27-15-19-32(20-16-27)41(47(44,45)34-21-17-30(38)18-22-34)26-36(42)40(25-29-11-8-14-33(23-29)46-2)35(24-28-9-4-3-5-10-28)37(43)39-31-12-6-7-13-31/h3-5,8-11,14-23,31,35H,6-7,12-13,24-26H2,1-2H3,(H,39,43). The molecule has 1 aliphatic rings. The van der Waals surface area contributed by atoms with Crippen LogP contribution in [0.25, 0.3) is 0 Å². The van der Waals surface area contributed by atoms with Crippen LogP contribution in [0, 0.1) is 6.92 Å². The molecule has 0 aliphatic heterocycles. The molecule has 1 atom stereocenters. The van der Waals surface area contributed by atoms with Crippen LogP contribution in [0.4, 0.5) is 5.69 Å². The molecule has 0 saturated heterocycles. The highest BCUT2D eigenvalue weighted by atomic mass is 35.5. The van der Waals surface area contributed by atoms with Crippen molar-refractivity contribution in [2.24, 2.45) is 0 Å². The number of nitrogens with zero attached hydrogens (tertiary/aromatic N) is 2. The SMILES string of the molecule is COc1cccc(CN(C(=O)CN(c2ccc(C)cc2)S(=O)(=O)c2ccc(Cl)cc2)C(Cc2ccccc2)C(=O)NC2CCCC2)c1. The first kappa shape index (κ1) is 34.0. The minimum absolute atomic E-state index is 0.00515. The third kappa shape index (κ3) is 8.73. The van der Waals surface area contributed by atoms with Crippen LogP contribution in [0.1, 0.15) is 42.4 Å². The second kappa shape index (κ2) is 15.5. The lowest BCUT2D eigenvalue weighted by Crippen LogP contribution is -2.54. The number of carbonyl (C=O) groups is 2. The molecule has 1 fully saturated rings. The molecule has 1 aliphatic carbocycles. The van der Waals surface area contributed by atoms with Crippen molar-refractivity contribution in [2.45, 2.75) is 62.6 Å². The van der Waals surface area contributed by atoms with Gasteiger partial charge in [-0.25, -0.2) is 8.42 Å². The quantitative estimate of drug-likeness (QED) is 0.174. The molecule has 10 heteroatoms. The van der Waals surface area contributed by atoms with E-state index in [1.807, 2.05) is 61.5 Å². The number of rotatable bonds is 13. The molecule has 5 rings (SSSR count). The van der Waals surface area contributed by atoms with Gasteiger partial charge in [0.1, 0.15) is 18.3 Å². The Balaban J connectivity index is 1.57. The van der Waals surface area contributed by atoms with Gasteiger partial charge in [0.05, 0.1) is 17.7 Å². The number of aryl methyl sites for hydroxylation is 1. The van der Waals surface area contributed by atoms with Gasteiger partial charge in [-0.2, -0.15) is 0 Å². The van der Waals surface area contributed by atoms with Gasteiger partial charge < -0.3 is 15.0 Å². The molecule has 47 heavy (non-hydrogen) atoms. The van der Waals surface area contributed by atoms with Gasteiger partial charge in [0.15, 0.2) is 0 Å². The fourth-order valence-corrected chi connectivity index (χ4v) is 7.40. The fraction of sp³-hybridized carbons (Fsp3) is 0.297. The van der Waals surface area contributed by atoms with Gasteiger partial charge in [-0.15, -0.1) is 0 Å². The average Bonchev–Trinajstić information content (AvgIpc) is 3.59. The summed E-state index contributed by atoms with van der Waals surface area (Å²) in [6, 6.07) is 28.8. The number of sulfonamides is 1. The Kier molecular flexibility index (Phi) is 11.2. The van der Waals surface area contributed by atoms with Crippen molar-refractivity contribution in [1.82, 2.24) is 10.2 Å². The lowest BCUT2D eigenvalue weighted by atomic mass is 10.0. The van der Waals surface area contributed by atoms with Crippen LogP contribution >= 0.6 is 11.6 Å². The number of methoxy groups -OCH3 is 1. The minimum atomic E-state index is -4.21. The van der Waals surface area contributed by atoms with E-state index in [1.165, 1.54) is 29.2 Å². The van der Waals surface area contributed by atoms with E-state index in [2.05, 4.69) is 5.32 Å². The van der Waals surface area contributed by atoms with E-state index in [1.54, 1.807) is 31.4 Å². The van der Waals surface area contributed by atoms with Crippen molar-refractivity contribution < 1.29 is 22.7 Å². The molecule has 246 valence electrons. The lowest BCUT2D eigenvalue weighted by molar-refractivity contribution is -0.140. The van der Waals surface area contributed by atoms with Crippen LogP contribution in [0.3, 0.4) is 0 Å². The molecule has 0 heterocycles. The number of carbonyl (C=O) groups excluding carboxylic acids is 2. The number of ether oxygens (including phenoxy) is 1. The second-order valence-corrected chi connectivity index (χ2v) is 14.2. The van der Waals surface area contributed by atoms with E-state index in [0.29, 0.717) is 16.5 Å². The van der Waals surface area contributed by atoms with Crippen molar-refractivity contribution in [3.63, 3.8) is 0 Å². The molecule has 0 bridgehead atoms. The summed E-state index contributed by atoms with van der Waals surface area (Å²) in [5.41, 5.74) is 2.89. The lowest BCUT2D eigenvalue weighted by Gasteiger charge is -2.34. The van der Waals surface area contributed by atoms with Crippen LogP contribution in [0.5, 0.6) is 5.75 Å². The summed E-state index contributed by atoms with van der Waals surface area (Å²) >= 11 is 6.08. The van der Waals surface area contributed by atoms with Crippen LogP contribution in [-0.2, 0) is 32.6 Å². The highest BCUT2D eigenvalue weighted by Gasteiger charge is 2.35. The van der Waals surface area contributed by atoms with Crippen LogP contribution < -0.4 is 14.4 Å². The maximum atomic E-state index is 14.6. The summed E-state index contributed by atoms with van der Waals surface area (Å²) in [5, 5.41) is 3.59. The molecule has 0 spiro atoms. The first-order valence-electron chi connectivity index (χ1n) is 15.8. The summed E-state index contributed by atoms with van der Waals surface area (Å²) in [5.74, 6) is -0.176. The molecule has 1 saturated carbocycles. The largest absolute Gasteiger partial charge is 0.497 e. The summed E-state index contributed by atoms with van der Waals surface area (Å²) < 4.78 is 34.9. The van der Waals surface area contributed by atoms with E-state index in [4.69, 9.17) is 16.3 Å². The van der Waals surface area contributed by atoms with Gasteiger partial charge in [-0.05, 0) is 79.4 Å². The number of amides is 2. The van der Waals surface area contributed by atoms with E-state index in [-0.39, 0.29) is 29.8 Å². The van der Waals surface area contributed by atoms with Crippen LogP contribution in [0.15, 0.2) is 108 Å². The highest BCUT2D eigenvalue weighted by Crippen LogP contribution is 2.27. The molecule has 8 nitrogen and oxygen atoms in total. The predicted molar refractivity (Wildman–Crippen MR) is 185 cm³/mol. The summed E-state index contributed by atoms with van der Waals surface area (Å²) in [6.07, 6.45) is 4.09. The number of anilines is 1. The van der Waals surface area contributed by atoms with Crippen molar-refractivity contribution in [3.8, 4) is 5.75 Å². The van der Waals surface area contributed by atoms with Crippen molar-refractivity contribution in [1.29, 1.82) is 0 Å². The molecule has 2 amide bonds. The second-order valence-electron chi connectivity index (χ2n) is 11.9. The predicted octanol–water partition coefficient (Wildman–Crippen LogP) is 6.55. The summed E-state index contributed by atoms with van der Waals surface area (Å²) in [7, 11) is -2.65. The number of hydrogen-bond donors (Lipinski definition) is 1. The Labute approximate surface area is 282 Å². The average molecular weight is 674 g/mol. The summed E-state index contributed by atoms with van der Waals surface area (Å²) in [4.78, 5) is 30.3. The van der Waals surface area contributed by atoms with Gasteiger partial charge >= 0.3 is 0 Å². The number of benzene rings is 4. The third-order valence-corrected chi connectivity index (χ3v) is 10.5. The highest BCUT2D eigenvalue weighted by molar-refractivity contribution is 7.92. The molecule has 1 N–H and O–H groups in total. The first-order valence-corrected chi connectivity index (χ1v) is 17.6. The molecular weight excluding hydrogens is 634 g/mol. The zero-order valence-corrected chi connectivity index (χ0v) is 28.2. The monoisotopic (exact) mass is 673 g/mol. The maximum Gasteiger partial charge on any atom is 0.264 e. The van der Waals surface area contributed by atoms with Crippen molar-refractivity contribution in [2.75, 3.05) is 18.0 Å². The minimum Gasteiger partial charge on any atom is -0.497 e. The van der Waals surface area contributed by atoms with Crippen molar-refractivity contribution >= 4 is 39.1 Å². The van der Waals surface area contributed by atoms with Gasteiger partial charge in [0.2, 0.25) is 11.8 Å². The molecule has 1 unspecified atom stereocenters. The molecule has 4 aromatic rings. The zero-order chi connectivity index (χ0) is 33.4. The molecular formula is C37H40ClN3O5S. The molecule has 4 aromatic carbocycles. The Bertz CT molecular complexity index is 1760. The van der Waals surface area contributed by atoms with E-state index in [9.17, 15) is 18.0 Å². The van der Waals surface area contributed by atoms with E-state index < -0.39 is 28.5 Å². The number of hydrogen-bond acceptors (Lipinski definition) is 5. The first-order chi connectivity index (χ1) is 22.6. The maximum absolute atomic E-state index is 14.6. The van der Waals surface area contributed by atoms with Crippen LogP contribution in [0.2, 0.25) is 5.02 Å². The Morgan fingerprint density at radius 3 is 2.21 bits per heavy atom. The van der Waals surface area contributed by atoms with Crippen LogP contribution in [-0.4, -0.2) is 50.9 Å². The third-order valence-electron chi connectivity index (χ3n) is 8.46. The van der Waals surface area contributed by atoms with Gasteiger partial charge in [-0.1, -0.05) is 84.6 Å². The number of halogens is 1. The molecule has 0 aromatic heterocycles. The number of nitrogens with one attached hydrogen (secondary N) is 1. The summed E-state index contributed by atoms with van der Waals surface area (Å²) in [6.45, 7) is 1.44. The Hall–Kier alpha value is -4.34. The fourth-order valence-electron chi connectivity index (χ4n) is 5.86. The van der Waals surface area contributed by atoms with Gasteiger partial charge in [0, 0.05) is 24.0 Å². The smallest absolute Gasteiger partial charge is 0.264 e.